The molecule has 0 fully saturated rings. The number of carbonyl (C=O) groups excluding carboxylic acids is 1. The number of halogens is 3. The summed E-state index contributed by atoms with van der Waals surface area (Å²) < 4.78 is 39.5. The monoisotopic (exact) mass is 199 g/mol. The molecule has 0 rings (SSSR count). The van der Waals surface area contributed by atoms with Gasteiger partial charge in [0.05, 0.1) is 13.7 Å². The van der Waals surface area contributed by atoms with Crippen LogP contribution >= 0.6 is 0 Å². The van der Waals surface area contributed by atoms with Crippen molar-refractivity contribution in [2.75, 3.05) is 13.7 Å². The SMILES string of the molecule is COC(=O)C(C)(C)NCC(F)(F)F. The normalized spacial score (nSPS) is 12.8. The molecule has 0 atom stereocenters. The summed E-state index contributed by atoms with van der Waals surface area (Å²) >= 11 is 0. The number of carbonyl (C=O) groups is 1. The van der Waals surface area contributed by atoms with Gasteiger partial charge in [-0.2, -0.15) is 13.2 Å². The number of hydrogen-bond donors (Lipinski definition) is 1. The van der Waals surface area contributed by atoms with Crippen LogP contribution in [0.4, 0.5) is 13.2 Å². The van der Waals surface area contributed by atoms with Crippen LogP contribution in [-0.2, 0) is 9.53 Å². The van der Waals surface area contributed by atoms with Crippen LogP contribution in [0.2, 0.25) is 0 Å². The maximum Gasteiger partial charge on any atom is 0.401 e. The zero-order chi connectivity index (χ0) is 10.7. The van der Waals surface area contributed by atoms with Crippen molar-refractivity contribution in [3.8, 4) is 0 Å². The van der Waals surface area contributed by atoms with Crippen LogP contribution in [0.1, 0.15) is 13.8 Å². The number of methoxy groups -OCH3 is 1. The Kier molecular flexibility index (Phi) is 3.71. The van der Waals surface area contributed by atoms with E-state index in [9.17, 15) is 18.0 Å². The van der Waals surface area contributed by atoms with Crippen LogP contribution in [0, 0.1) is 0 Å². The number of alkyl halides is 3. The zero-order valence-electron chi connectivity index (χ0n) is 7.66. The van der Waals surface area contributed by atoms with E-state index < -0.39 is 24.2 Å². The molecule has 0 heterocycles. The predicted octanol–water partition coefficient (Wildman–Crippen LogP) is 1.09. The van der Waals surface area contributed by atoms with Crippen molar-refractivity contribution in [2.24, 2.45) is 0 Å². The molecular formula is C7H12F3NO2. The molecule has 0 aromatic carbocycles. The molecule has 0 radical (unpaired) electrons. The molecule has 0 bridgehead atoms. The minimum absolute atomic E-state index is 0.725. The quantitative estimate of drug-likeness (QED) is 0.691. The van der Waals surface area contributed by atoms with Crippen LogP contribution < -0.4 is 5.32 Å². The Bertz CT molecular complexity index is 189. The topological polar surface area (TPSA) is 38.3 Å². The van der Waals surface area contributed by atoms with Crippen LogP contribution in [0.3, 0.4) is 0 Å². The Labute approximate surface area is 74.3 Å². The number of rotatable bonds is 3. The highest BCUT2D eigenvalue weighted by atomic mass is 19.4. The summed E-state index contributed by atoms with van der Waals surface area (Å²) in [6, 6.07) is 0. The second-order valence-corrected chi connectivity index (χ2v) is 3.09. The maximum atomic E-state index is 11.7. The average molecular weight is 199 g/mol. The lowest BCUT2D eigenvalue weighted by Crippen LogP contribution is -2.50. The van der Waals surface area contributed by atoms with E-state index in [1.54, 1.807) is 0 Å². The molecule has 0 aliphatic heterocycles. The molecule has 6 heteroatoms. The lowest BCUT2D eigenvalue weighted by atomic mass is 10.1. The summed E-state index contributed by atoms with van der Waals surface area (Å²) in [7, 11) is 1.12. The summed E-state index contributed by atoms with van der Waals surface area (Å²) in [5, 5.41) is 2.05. The molecule has 0 spiro atoms. The second kappa shape index (κ2) is 3.95. The lowest BCUT2D eigenvalue weighted by molar-refractivity contribution is -0.151. The third-order valence-corrected chi connectivity index (χ3v) is 1.43. The minimum atomic E-state index is -4.33. The molecule has 1 N–H and O–H groups in total. The highest BCUT2D eigenvalue weighted by molar-refractivity contribution is 5.79. The van der Waals surface area contributed by atoms with Gasteiger partial charge in [0.25, 0.3) is 0 Å². The minimum Gasteiger partial charge on any atom is -0.468 e. The molecule has 0 amide bonds. The highest BCUT2D eigenvalue weighted by Crippen LogP contribution is 2.15. The van der Waals surface area contributed by atoms with Crippen LogP contribution in [0.15, 0.2) is 0 Å². The van der Waals surface area contributed by atoms with Gasteiger partial charge in [0.1, 0.15) is 5.54 Å². The first-order chi connectivity index (χ1) is 5.69. The smallest absolute Gasteiger partial charge is 0.401 e. The number of nitrogens with one attached hydrogen (secondary N) is 1. The van der Waals surface area contributed by atoms with Crippen molar-refractivity contribution in [3.05, 3.63) is 0 Å². The van der Waals surface area contributed by atoms with Gasteiger partial charge in [-0.1, -0.05) is 0 Å². The summed E-state index contributed by atoms with van der Waals surface area (Å²) in [5.74, 6) is -0.725. The van der Waals surface area contributed by atoms with Gasteiger partial charge in [-0.25, -0.2) is 0 Å². The summed E-state index contributed by atoms with van der Waals surface area (Å²) in [4.78, 5) is 10.9. The van der Waals surface area contributed by atoms with Gasteiger partial charge >= 0.3 is 12.1 Å². The second-order valence-electron chi connectivity index (χ2n) is 3.09. The molecule has 78 valence electrons. The van der Waals surface area contributed by atoms with Crippen molar-refractivity contribution in [3.63, 3.8) is 0 Å². The molecule has 0 aliphatic rings. The zero-order valence-corrected chi connectivity index (χ0v) is 7.66. The standard InChI is InChI=1S/C7H12F3NO2/c1-6(2,5(12)13-3)11-4-7(8,9)10/h11H,4H2,1-3H3. The van der Waals surface area contributed by atoms with Gasteiger partial charge in [-0.05, 0) is 13.8 Å². The lowest BCUT2D eigenvalue weighted by Gasteiger charge is -2.23. The first-order valence-electron chi connectivity index (χ1n) is 3.59. The van der Waals surface area contributed by atoms with Crippen molar-refractivity contribution in [1.82, 2.24) is 5.32 Å². The molecule has 0 unspecified atom stereocenters. The first-order valence-corrected chi connectivity index (χ1v) is 3.59. The van der Waals surface area contributed by atoms with Gasteiger partial charge < -0.3 is 4.74 Å². The third kappa shape index (κ3) is 4.72. The van der Waals surface area contributed by atoms with Gasteiger partial charge in [0.2, 0.25) is 0 Å². The van der Waals surface area contributed by atoms with Gasteiger partial charge in [0.15, 0.2) is 0 Å². The van der Waals surface area contributed by atoms with Crippen LogP contribution in [0.25, 0.3) is 0 Å². The Morgan fingerprint density at radius 3 is 2.15 bits per heavy atom. The molecule has 0 saturated carbocycles. The third-order valence-electron chi connectivity index (χ3n) is 1.43. The predicted molar refractivity (Wildman–Crippen MR) is 40.2 cm³/mol. The van der Waals surface area contributed by atoms with E-state index in [2.05, 4.69) is 10.1 Å². The summed E-state index contributed by atoms with van der Waals surface area (Å²) in [5.41, 5.74) is -1.32. The van der Waals surface area contributed by atoms with Gasteiger partial charge in [-0.15, -0.1) is 0 Å². The van der Waals surface area contributed by atoms with Crippen molar-refractivity contribution < 1.29 is 22.7 Å². The van der Waals surface area contributed by atoms with Crippen molar-refractivity contribution in [1.29, 1.82) is 0 Å². The van der Waals surface area contributed by atoms with E-state index in [0.29, 0.717) is 0 Å². The summed E-state index contributed by atoms with van der Waals surface area (Å²) in [6.07, 6.45) is -4.33. The summed E-state index contributed by atoms with van der Waals surface area (Å²) in [6.45, 7) is 1.43. The van der Waals surface area contributed by atoms with E-state index in [-0.39, 0.29) is 0 Å². The van der Waals surface area contributed by atoms with E-state index in [1.807, 2.05) is 0 Å². The van der Waals surface area contributed by atoms with Gasteiger partial charge in [-0.3, -0.25) is 10.1 Å². The van der Waals surface area contributed by atoms with E-state index in [4.69, 9.17) is 0 Å². The first kappa shape index (κ1) is 12.2. The Hall–Kier alpha value is -0.780. The molecule has 0 aromatic rings. The Morgan fingerprint density at radius 1 is 1.38 bits per heavy atom. The molecular weight excluding hydrogens is 187 g/mol. The van der Waals surface area contributed by atoms with Crippen molar-refractivity contribution in [2.45, 2.75) is 25.6 Å². The largest absolute Gasteiger partial charge is 0.468 e. The Balaban J connectivity index is 4.11. The maximum absolute atomic E-state index is 11.7. The number of esters is 1. The molecule has 0 aliphatic carbocycles. The average Bonchev–Trinajstić information content (AvgIpc) is 1.98. The van der Waals surface area contributed by atoms with Crippen LogP contribution in [0.5, 0.6) is 0 Å². The van der Waals surface area contributed by atoms with Crippen molar-refractivity contribution >= 4 is 5.97 Å². The van der Waals surface area contributed by atoms with E-state index in [0.717, 1.165) is 7.11 Å². The number of hydrogen-bond acceptors (Lipinski definition) is 3. The molecule has 3 nitrogen and oxygen atoms in total. The Morgan fingerprint density at radius 2 is 1.85 bits per heavy atom. The fourth-order valence-electron chi connectivity index (χ4n) is 0.649. The highest BCUT2D eigenvalue weighted by Gasteiger charge is 2.34. The molecule has 0 aromatic heterocycles. The van der Waals surface area contributed by atoms with Gasteiger partial charge in [0, 0.05) is 0 Å². The van der Waals surface area contributed by atoms with E-state index >= 15 is 0 Å². The fraction of sp³-hybridized carbons (Fsp3) is 0.857. The van der Waals surface area contributed by atoms with Crippen LogP contribution in [-0.4, -0.2) is 31.3 Å². The van der Waals surface area contributed by atoms with E-state index in [1.165, 1.54) is 13.8 Å². The number of ether oxygens (including phenoxy) is 1. The fourth-order valence-corrected chi connectivity index (χ4v) is 0.649. The molecule has 0 saturated heterocycles. The molecule has 13 heavy (non-hydrogen) atoms.